The molecule has 0 bridgehead atoms. The van der Waals surface area contributed by atoms with Crippen molar-refractivity contribution in [2.24, 2.45) is 5.92 Å². The molecule has 36 heavy (non-hydrogen) atoms. The SMILES string of the molecule is C[C@H]1C([C@H](O)[C@H](O)CO)O[C@](OCCC[C@H]2O[C@@H](n3ccc(N)nc3=O)C(O)[C@H]2O)(C(=O)O)C[C@H]1O. The molecule has 3 rings (SSSR count). The quantitative estimate of drug-likeness (QED) is 0.140. The molecule has 0 aliphatic carbocycles. The topological polar surface area (TPSA) is 247 Å². The molecule has 15 nitrogen and oxygen atoms in total. The highest BCUT2D eigenvalue weighted by Gasteiger charge is 2.54. The van der Waals surface area contributed by atoms with Gasteiger partial charge in [-0.25, -0.2) is 9.59 Å². The Labute approximate surface area is 205 Å². The monoisotopic (exact) mass is 519 g/mol. The van der Waals surface area contributed by atoms with Crippen LogP contribution in [-0.4, -0.2) is 113 Å². The van der Waals surface area contributed by atoms with Crippen LogP contribution >= 0.6 is 0 Å². The van der Waals surface area contributed by atoms with E-state index < -0.39 is 85.3 Å². The molecule has 2 aliphatic heterocycles. The lowest BCUT2D eigenvalue weighted by Crippen LogP contribution is -2.61. The molecule has 15 heteroatoms. The molecular weight excluding hydrogens is 486 g/mol. The molecule has 2 aliphatic rings. The number of ether oxygens (including phenoxy) is 3. The molecule has 0 amide bonds. The van der Waals surface area contributed by atoms with E-state index in [9.17, 15) is 40.2 Å². The number of carboxylic acid groups (broad SMARTS) is 1. The number of nitrogen functional groups attached to an aromatic ring is 1. The van der Waals surface area contributed by atoms with Crippen molar-refractivity contribution >= 4 is 11.8 Å². The van der Waals surface area contributed by atoms with E-state index in [4.69, 9.17) is 25.1 Å². The Morgan fingerprint density at radius 2 is 2.03 bits per heavy atom. The van der Waals surface area contributed by atoms with E-state index in [2.05, 4.69) is 4.98 Å². The van der Waals surface area contributed by atoms with Gasteiger partial charge in [0.25, 0.3) is 5.79 Å². The number of carboxylic acids is 1. The number of aliphatic hydroxyl groups excluding tert-OH is 6. The molecular formula is C21H33N3O12. The fraction of sp³-hybridized carbons (Fsp3) is 0.762. The van der Waals surface area contributed by atoms with Crippen LogP contribution in [0.4, 0.5) is 5.82 Å². The number of rotatable bonds is 10. The molecule has 0 saturated carbocycles. The highest BCUT2D eigenvalue weighted by molar-refractivity contribution is 5.76. The normalized spacial score (nSPS) is 36.5. The number of aliphatic carboxylic acids is 1. The molecule has 1 aromatic heterocycles. The van der Waals surface area contributed by atoms with Gasteiger partial charge in [-0.2, -0.15) is 4.98 Å². The molecule has 9 N–H and O–H groups in total. The van der Waals surface area contributed by atoms with Gasteiger partial charge in [0.2, 0.25) is 0 Å². The van der Waals surface area contributed by atoms with E-state index in [0.717, 1.165) is 4.57 Å². The van der Waals surface area contributed by atoms with Gasteiger partial charge in [-0.1, -0.05) is 6.92 Å². The molecule has 0 aromatic carbocycles. The standard InChI is InChI=1S/C21H33N3O12/c1-9-10(26)7-21(19(31)32,36-17(9)14(28)11(27)8-25)34-6-2-3-12-15(29)16(30)18(35-12)24-5-4-13(22)23-20(24)33/h4-5,9-12,14-18,25-30H,2-3,6-8H2,1H3,(H,31,32)(H2,22,23,33)/t9-,10-,11-,12-,14-,15+,16?,17?,18-,21+/m1/s1. The van der Waals surface area contributed by atoms with Gasteiger partial charge in [0.05, 0.1) is 31.5 Å². The summed E-state index contributed by atoms with van der Waals surface area (Å²) in [5, 5.41) is 70.0. The Morgan fingerprint density at radius 3 is 2.64 bits per heavy atom. The van der Waals surface area contributed by atoms with Gasteiger partial charge in [0.15, 0.2) is 6.23 Å². The Hall–Kier alpha value is -2.21. The van der Waals surface area contributed by atoms with Crippen LogP contribution in [-0.2, 0) is 19.0 Å². The van der Waals surface area contributed by atoms with Gasteiger partial charge in [0, 0.05) is 18.5 Å². The summed E-state index contributed by atoms with van der Waals surface area (Å²) in [6.07, 6.45) is -9.84. The van der Waals surface area contributed by atoms with Crippen LogP contribution in [0, 0.1) is 5.92 Å². The predicted molar refractivity (Wildman–Crippen MR) is 118 cm³/mol. The van der Waals surface area contributed by atoms with E-state index in [1.54, 1.807) is 0 Å². The first-order valence-electron chi connectivity index (χ1n) is 11.5. The van der Waals surface area contributed by atoms with Crippen LogP contribution in [0.25, 0.3) is 0 Å². The molecule has 0 radical (unpaired) electrons. The molecule has 0 spiro atoms. The number of aromatic nitrogens is 2. The van der Waals surface area contributed by atoms with Crippen molar-refractivity contribution in [3.8, 4) is 0 Å². The lowest BCUT2D eigenvalue weighted by Gasteiger charge is -2.45. The first kappa shape index (κ1) is 28.4. The number of hydrogen-bond acceptors (Lipinski definition) is 13. The fourth-order valence-corrected chi connectivity index (χ4v) is 4.39. The number of anilines is 1. The summed E-state index contributed by atoms with van der Waals surface area (Å²) >= 11 is 0. The third-order valence-corrected chi connectivity index (χ3v) is 6.60. The number of carbonyl (C=O) groups is 1. The van der Waals surface area contributed by atoms with Crippen LogP contribution in [0.1, 0.15) is 32.4 Å². The van der Waals surface area contributed by atoms with Crippen molar-refractivity contribution in [2.75, 3.05) is 18.9 Å². The van der Waals surface area contributed by atoms with Gasteiger partial charge in [0.1, 0.15) is 30.2 Å². The van der Waals surface area contributed by atoms with Gasteiger partial charge in [-0.15, -0.1) is 0 Å². The van der Waals surface area contributed by atoms with E-state index >= 15 is 0 Å². The summed E-state index contributed by atoms with van der Waals surface area (Å²) in [7, 11) is 0. The molecule has 2 saturated heterocycles. The third kappa shape index (κ3) is 5.69. The van der Waals surface area contributed by atoms with Crippen molar-refractivity contribution in [2.45, 2.75) is 80.9 Å². The van der Waals surface area contributed by atoms with Crippen LogP contribution in [0.15, 0.2) is 17.1 Å². The second-order valence-corrected chi connectivity index (χ2v) is 9.09. The highest BCUT2D eigenvalue weighted by Crippen LogP contribution is 2.37. The van der Waals surface area contributed by atoms with Gasteiger partial charge >= 0.3 is 11.7 Å². The fourth-order valence-electron chi connectivity index (χ4n) is 4.39. The number of nitrogens with two attached hydrogens (primary N) is 1. The summed E-state index contributed by atoms with van der Waals surface area (Å²) in [4.78, 5) is 27.6. The minimum Gasteiger partial charge on any atom is -0.477 e. The molecule has 10 atom stereocenters. The minimum atomic E-state index is -2.34. The molecule has 1 aromatic rings. The Morgan fingerprint density at radius 1 is 1.33 bits per heavy atom. The number of hydrogen-bond donors (Lipinski definition) is 8. The van der Waals surface area contributed by atoms with Crippen molar-refractivity contribution in [1.29, 1.82) is 0 Å². The summed E-state index contributed by atoms with van der Waals surface area (Å²) in [5.41, 5.74) is 4.68. The summed E-state index contributed by atoms with van der Waals surface area (Å²) in [5.74, 6) is -4.70. The first-order valence-corrected chi connectivity index (χ1v) is 11.5. The summed E-state index contributed by atoms with van der Waals surface area (Å²) < 4.78 is 17.6. The number of aliphatic hydroxyl groups is 6. The van der Waals surface area contributed by atoms with Gasteiger partial charge in [-0.3, -0.25) is 4.57 Å². The highest BCUT2D eigenvalue weighted by atomic mass is 16.7. The van der Waals surface area contributed by atoms with Gasteiger partial charge in [-0.05, 0) is 18.9 Å². The average molecular weight is 520 g/mol. The average Bonchev–Trinajstić information content (AvgIpc) is 3.11. The van der Waals surface area contributed by atoms with Crippen molar-refractivity contribution in [3.63, 3.8) is 0 Å². The lowest BCUT2D eigenvalue weighted by atomic mass is 9.84. The first-order chi connectivity index (χ1) is 16.9. The largest absolute Gasteiger partial charge is 0.477 e. The second kappa shape index (κ2) is 11.5. The van der Waals surface area contributed by atoms with Crippen LogP contribution < -0.4 is 11.4 Å². The van der Waals surface area contributed by atoms with Crippen LogP contribution in [0.2, 0.25) is 0 Å². The van der Waals surface area contributed by atoms with Crippen LogP contribution in [0.3, 0.4) is 0 Å². The van der Waals surface area contributed by atoms with Crippen molar-refractivity contribution in [3.05, 3.63) is 22.7 Å². The summed E-state index contributed by atoms with van der Waals surface area (Å²) in [6.45, 7) is 0.451. The van der Waals surface area contributed by atoms with E-state index in [-0.39, 0.29) is 25.3 Å². The third-order valence-electron chi connectivity index (χ3n) is 6.60. The second-order valence-electron chi connectivity index (χ2n) is 9.09. The molecule has 2 unspecified atom stereocenters. The van der Waals surface area contributed by atoms with Crippen molar-refractivity contribution in [1.82, 2.24) is 9.55 Å². The summed E-state index contributed by atoms with van der Waals surface area (Å²) in [6, 6.07) is 1.33. The van der Waals surface area contributed by atoms with E-state index in [1.807, 2.05) is 0 Å². The van der Waals surface area contributed by atoms with E-state index in [1.165, 1.54) is 19.2 Å². The zero-order valence-corrected chi connectivity index (χ0v) is 19.5. The number of nitrogens with zero attached hydrogens (tertiary/aromatic N) is 2. The molecule has 3 heterocycles. The maximum Gasteiger partial charge on any atom is 0.364 e. The molecule has 204 valence electrons. The zero-order valence-electron chi connectivity index (χ0n) is 19.5. The Kier molecular flexibility index (Phi) is 9.02. The van der Waals surface area contributed by atoms with Crippen LogP contribution in [0.5, 0.6) is 0 Å². The van der Waals surface area contributed by atoms with Gasteiger partial charge < -0.3 is 55.7 Å². The maximum atomic E-state index is 12.0. The smallest absolute Gasteiger partial charge is 0.364 e. The predicted octanol–water partition coefficient (Wildman–Crippen LogP) is -3.48. The molecule has 2 fully saturated rings. The maximum absolute atomic E-state index is 12.0. The Bertz CT molecular complexity index is 962. The lowest BCUT2D eigenvalue weighted by molar-refractivity contribution is -0.318. The zero-order chi connectivity index (χ0) is 26.8. The van der Waals surface area contributed by atoms with Crippen molar-refractivity contribution < 1.29 is 54.8 Å². The Balaban J connectivity index is 1.62. The minimum absolute atomic E-state index is 0.0181. The van der Waals surface area contributed by atoms with E-state index in [0.29, 0.717) is 0 Å².